The van der Waals surface area contributed by atoms with Crippen molar-refractivity contribution in [3.8, 4) is 0 Å². The van der Waals surface area contributed by atoms with Gasteiger partial charge in [0.1, 0.15) is 0 Å². The molecule has 2 N–H and O–H groups in total. The molecular weight excluding hydrogens is 112 g/mol. The second kappa shape index (κ2) is 2.12. The van der Waals surface area contributed by atoms with Gasteiger partial charge < -0.3 is 10.6 Å². The SMILES string of the molecule is C1=CC2CNCC(C1)N2. The molecular formula is C7H12N2. The van der Waals surface area contributed by atoms with Crippen LogP contribution in [0.1, 0.15) is 6.42 Å². The molecule has 0 aromatic carbocycles. The normalized spacial score (nSPS) is 40.9. The average Bonchev–Trinajstić information content (AvgIpc) is 1.88. The molecule has 0 aromatic heterocycles. The third kappa shape index (κ3) is 1.00. The number of rotatable bonds is 0. The maximum absolute atomic E-state index is 3.50. The van der Waals surface area contributed by atoms with Crippen molar-refractivity contribution < 1.29 is 0 Å². The number of hydrogen-bond donors (Lipinski definition) is 2. The average molecular weight is 124 g/mol. The molecule has 2 atom stereocenters. The molecule has 0 aliphatic carbocycles. The molecule has 0 spiro atoms. The second-order valence-corrected chi connectivity index (χ2v) is 2.79. The van der Waals surface area contributed by atoms with E-state index in [1.165, 1.54) is 6.42 Å². The lowest BCUT2D eigenvalue weighted by atomic mass is 10.0. The third-order valence-corrected chi connectivity index (χ3v) is 1.99. The summed E-state index contributed by atoms with van der Waals surface area (Å²) >= 11 is 0. The molecule has 2 unspecified atom stereocenters. The molecule has 1 saturated heterocycles. The van der Waals surface area contributed by atoms with Crippen LogP contribution in [0.4, 0.5) is 0 Å². The summed E-state index contributed by atoms with van der Waals surface area (Å²) < 4.78 is 0. The van der Waals surface area contributed by atoms with E-state index in [-0.39, 0.29) is 0 Å². The molecule has 0 radical (unpaired) electrons. The molecule has 2 heteroatoms. The second-order valence-electron chi connectivity index (χ2n) is 2.79. The first-order chi connectivity index (χ1) is 4.45. The molecule has 2 heterocycles. The highest BCUT2D eigenvalue weighted by atomic mass is 15.1. The Hall–Kier alpha value is -0.340. The van der Waals surface area contributed by atoms with Gasteiger partial charge in [-0.25, -0.2) is 0 Å². The Balaban J connectivity index is 2.09. The van der Waals surface area contributed by atoms with Crippen LogP contribution in [0.15, 0.2) is 12.2 Å². The van der Waals surface area contributed by atoms with Gasteiger partial charge in [0, 0.05) is 25.2 Å². The Morgan fingerprint density at radius 2 is 2.33 bits per heavy atom. The predicted octanol–water partition coefficient (Wildman–Crippen LogP) is -0.124. The van der Waals surface area contributed by atoms with Gasteiger partial charge in [0.05, 0.1) is 0 Å². The quantitative estimate of drug-likeness (QED) is 0.440. The zero-order valence-electron chi connectivity index (χ0n) is 5.43. The minimum Gasteiger partial charge on any atom is -0.313 e. The topological polar surface area (TPSA) is 24.1 Å². The van der Waals surface area contributed by atoms with Crippen LogP contribution in [0.25, 0.3) is 0 Å². The van der Waals surface area contributed by atoms with Crippen molar-refractivity contribution >= 4 is 0 Å². The monoisotopic (exact) mass is 124 g/mol. The van der Waals surface area contributed by atoms with Gasteiger partial charge in [-0.2, -0.15) is 0 Å². The number of hydrogen-bond acceptors (Lipinski definition) is 2. The van der Waals surface area contributed by atoms with E-state index in [2.05, 4.69) is 22.8 Å². The Kier molecular flexibility index (Phi) is 1.28. The lowest BCUT2D eigenvalue weighted by Crippen LogP contribution is -2.55. The van der Waals surface area contributed by atoms with Crippen LogP contribution in [0.2, 0.25) is 0 Å². The highest BCUT2D eigenvalue weighted by Gasteiger charge is 2.19. The molecule has 2 bridgehead atoms. The molecule has 2 aliphatic rings. The van der Waals surface area contributed by atoms with Crippen molar-refractivity contribution in [2.24, 2.45) is 0 Å². The summed E-state index contributed by atoms with van der Waals surface area (Å²) in [6.45, 7) is 2.24. The Morgan fingerprint density at radius 1 is 1.33 bits per heavy atom. The summed E-state index contributed by atoms with van der Waals surface area (Å²) in [5, 5.41) is 6.88. The van der Waals surface area contributed by atoms with Gasteiger partial charge in [-0.1, -0.05) is 12.2 Å². The predicted molar refractivity (Wildman–Crippen MR) is 37.3 cm³/mol. The lowest BCUT2D eigenvalue weighted by molar-refractivity contribution is 0.361. The van der Waals surface area contributed by atoms with Crippen molar-refractivity contribution in [3.63, 3.8) is 0 Å². The van der Waals surface area contributed by atoms with E-state index >= 15 is 0 Å². The van der Waals surface area contributed by atoms with Crippen molar-refractivity contribution in [1.29, 1.82) is 0 Å². The minimum atomic E-state index is 0.609. The molecule has 0 saturated carbocycles. The summed E-state index contributed by atoms with van der Waals surface area (Å²) in [6.07, 6.45) is 5.73. The maximum Gasteiger partial charge on any atom is 0.0378 e. The fourth-order valence-electron chi connectivity index (χ4n) is 1.52. The van der Waals surface area contributed by atoms with E-state index in [4.69, 9.17) is 0 Å². The van der Waals surface area contributed by atoms with Crippen molar-refractivity contribution in [3.05, 3.63) is 12.2 Å². The highest BCUT2D eigenvalue weighted by Crippen LogP contribution is 2.06. The fraction of sp³-hybridized carbons (Fsp3) is 0.714. The number of piperazine rings is 1. The van der Waals surface area contributed by atoms with Crippen LogP contribution in [0.3, 0.4) is 0 Å². The molecule has 0 aromatic rings. The zero-order chi connectivity index (χ0) is 6.10. The summed E-state index contributed by atoms with van der Waals surface area (Å²) in [6, 6.07) is 1.31. The van der Waals surface area contributed by atoms with Crippen LogP contribution in [-0.2, 0) is 0 Å². The van der Waals surface area contributed by atoms with E-state index in [1.807, 2.05) is 0 Å². The summed E-state index contributed by atoms with van der Waals surface area (Å²) in [4.78, 5) is 0. The zero-order valence-corrected chi connectivity index (χ0v) is 5.43. The minimum absolute atomic E-state index is 0.609. The van der Waals surface area contributed by atoms with Crippen LogP contribution in [0.5, 0.6) is 0 Å². The van der Waals surface area contributed by atoms with Gasteiger partial charge in [-0.3, -0.25) is 0 Å². The third-order valence-electron chi connectivity index (χ3n) is 1.99. The molecule has 2 nitrogen and oxygen atoms in total. The Bertz CT molecular complexity index is 131. The van der Waals surface area contributed by atoms with Crippen LogP contribution < -0.4 is 10.6 Å². The van der Waals surface area contributed by atoms with E-state index in [0.717, 1.165) is 13.1 Å². The maximum atomic E-state index is 3.50. The van der Waals surface area contributed by atoms with Crippen LogP contribution in [0, 0.1) is 0 Å². The summed E-state index contributed by atoms with van der Waals surface area (Å²) in [7, 11) is 0. The van der Waals surface area contributed by atoms with Gasteiger partial charge in [0.2, 0.25) is 0 Å². The van der Waals surface area contributed by atoms with Gasteiger partial charge in [0.15, 0.2) is 0 Å². The first-order valence-corrected chi connectivity index (χ1v) is 3.58. The first kappa shape index (κ1) is 5.45. The van der Waals surface area contributed by atoms with Gasteiger partial charge >= 0.3 is 0 Å². The fourth-order valence-corrected chi connectivity index (χ4v) is 1.52. The van der Waals surface area contributed by atoms with E-state index in [0.29, 0.717) is 12.1 Å². The van der Waals surface area contributed by atoms with Crippen molar-refractivity contribution in [2.45, 2.75) is 18.5 Å². The lowest BCUT2D eigenvalue weighted by Gasteiger charge is -2.32. The smallest absolute Gasteiger partial charge is 0.0378 e. The molecule has 2 aliphatic heterocycles. The van der Waals surface area contributed by atoms with Gasteiger partial charge in [-0.15, -0.1) is 0 Å². The number of fused-ring (bicyclic) bond motifs is 2. The van der Waals surface area contributed by atoms with Crippen LogP contribution >= 0.6 is 0 Å². The van der Waals surface area contributed by atoms with E-state index in [9.17, 15) is 0 Å². The Morgan fingerprint density at radius 3 is 3.11 bits per heavy atom. The standard InChI is InChI=1S/C7H12N2/c1-2-6-4-8-5-7(3-1)9-6/h1-2,6-9H,3-5H2. The van der Waals surface area contributed by atoms with Gasteiger partial charge in [-0.05, 0) is 6.42 Å². The van der Waals surface area contributed by atoms with E-state index < -0.39 is 0 Å². The number of nitrogens with one attached hydrogen (secondary N) is 2. The molecule has 2 rings (SSSR count). The Labute approximate surface area is 55.3 Å². The molecule has 9 heavy (non-hydrogen) atoms. The van der Waals surface area contributed by atoms with Gasteiger partial charge in [0.25, 0.3) is 0 Å². The summed E-state index contributed by atoms with van der Waals surface area (Å²) in [5.41, 5.74) is 0. The molecule has 0 amide bonds. The summed E-state index contributed by atoms with van der Waals surface area (Å²) in [5.74, 6) is 0. The molecule has 1 fully saturated rings. The largest absolute Gasteiger partial charge is 0.313 e. The highest BCUT2D eigenvalue weighted by molar-refractivity contribution is 5.05. The van der Waals surface area contributed by atoms with Crippen molar-refractivity contribution in [1.82, 2.24) is 10.6 Å². The first-order valence-electron chi connectivity index (χ1n) is 3.58. The van der Waals surface area contributed by atoms with E-state index in [1.54, 1.807) is 0 Å². The molecule has 50 valence electrons. The van der Waals surface area contributed by atoms with Crippen LogP contribution in [-0.4, -0.2) is 25.2 Å². The van der Waals surface area contributed by atoms with Crippen molar-refractivity contribution in [2.75, 3.05) is 13.1 Å².